The van der Waals surface area contributed by atoms with Crippen molar-refractivity contribution in [2.24, 2.45) is 0 Å². The van der Waals surface area contributed by atoms with E-state index >= 15 is 0 Å². The molecule has 23 heavy (non-hydrogen) atoms. The fourth-order valence-electron chi connectivity index (χ4n) is 1.34. The van der Waals surface area contributed by atoms with Crippen LogP contribution in [-0.2, 0) is 14.3 Å². The lowest BCUT2D eigenvalue weighted by Gasteiger charge is -2.01. The number of rotatable bonds is 8. The van der Waals surface area contributed by atoms with E-state index in [9.17, 15) is 4.79 Å². The molecule has 0 aliphatic rings. The summed E-state index contributed by atoms with van der Waals surface area (Å²) in [5.74, 6) is 1.25. The summed E-state index contributed by atoms with van der Waals surface area (Å²) < 4.78 is 11.2. The average molecular weight is 423 g/mol. The molecule has 0 saturated heterocycles. The molecule has 2 rings (SSSR count). The molecule has 0 saturated carbocycles. The number of hydrogen-bond donors (Lipinski definition) is 1. The molecule has 0 amide bonds. The van der Waals surface area contributed by atoms with Crippen LogP contribution in [0.5, 0.6) is 0 Å². The van der Waals surface area contributed by atoms with E-state index in [0.29, 0.717) is 12.2 Å². The number of ether oxygens (including phenoxy) is 2. The third kappa shape index (κ3) is 8.54. The molecule has 2 aromatic rings. The number of methoxy groups -OCH3 is 1. The van der Waals surface area contributed by atoms with Gasteiger partial charge in [-0.15, -0.1) is 26.6 Å². The van der Waals surface area contributed by atoms with Gasteiger partial charge in [0.2, 0.25) is 0 Å². The maximum Gasteiger partial charge on any atom is 0.306 e. The van der Waals surface area contributed by atoms with Gasteiger partial charge in [-0.3, -0.25) is 4.79 Å². The van der Waals surface area contributed by atoms with Crippen LogP contribution in [-0.4, -0.2) is 62.9 Å². The van der Waals surface area contributed by atoms with Crippen molar-refractivity contribution in [3.63, 3.8) is 0 Å². The van der Waals surface area contributed by atoms with Gasteiger partial charge >= 0.3 is 5.97 Å². The van der Waals surface area contributed by atoms with Gasteiger partial charge in [-0.1, -0.05) is 15.9 Å². The summed E-state index contributed by atoms with van der Waals surface area (Å²) in [4.78, 5) is 14.2. The molecule has 2 aromatic heterocycles. The first-order chi connectivity index (χ1) is 11.2. The number of aromatic nitrogens is 4. The van der Waals surface area contributed by atoms with Gasteiger partial charge in [0, 0.05) is 16.8 Å². The van der Waals surface area contributed by atoms with Crippen molar-refractivity contribution in [2.75, 3.05) is 37.2 Å². The van der Waals surface area contributed by atoms with E-state index in [1.807, 2.05) is 12.1 Å². The van der Waals surface area contributed by atoms with E-state index in [1.165, 1.54) is 18.1 Å². The minimum absolute atomic E-state index is 0.199. The van der Waals surface area contributed by atoms with Gasteiger partial charge in [-0.2, -0.15) is 12.6 Å². The second-order valence-electron chi connectivity index (χ2n) is 3.98. The monoisotopic (exact) mass is 422 g/mol. The molecule has 0 spiro atoms. The highest BCUT2D eigenvalue weighted by atomic mass is 79.9. The number of thiol groups is 1. The van der Waals surface area contributed by atoms with Crippen LogP contribution in [0.4, 0.5) is 0 Å². The van der Waals surface area contributed by atoms with Crippen LogP contribution in [0.1, 0.15) is 6.42 Å². The molecule has 0 unspecified atom stereocenters. The molecule has 0 radical (unpaired) electrons. The Labute approximate surface area is 153 Å². The highest BCUT2D eigenvalue weighted by Crippen LogP contribution is 2.14. The highest BCUT2D eigenvalue weighted by Gasteiger charge is 2.00. The Hall–Kier alpha value is -0.840. The first-order valence-corrected chi connectivity index (χ1v) is 9.56. The number of thioether (sulfide) groups is 1. The normalized spacial score (nSPS) is 10.2. The van der Waals surface area contributed by atoms with E-state index < -0.39 is 0 Å². The Balaban J connectivity index is 0.000000322. The summed E-state index contributed by atoms with van der Waals surface area (Å²) >= 11 is 8.77. The van der Waals surface area contributed by atoms with Crippen molar-refractivity contribution in [3.8, 4) is 0 Å². The Morgan fingerprint density at radius 1 is 1.43 bits per heavy atom. The standard InChI is InChI=1S/C9H11BrN4OS.C4H8O2S/c10-3-4-15-5-6-16-9-2-1-8-11-7-12-14(8)13-9;1-6-4(5)2-3-7/h1-2,7H,3-6H2;7H,2-3H2,1H3. The summed E-state index contributed by atoms with van der Waals surface area (Å²) in [6, 6.07) is 3.85. The maximum absolute atomic E-state index is 10.1. The largest absolute Gasteiger partial charge is 0.469 e. The van der Waals surface area contributed by atoms with Gasteiger partial charge in [0.05, 0.1) is 26.7 Å². The molecule has 2 heterocycles. The van der Waals surface area contributed by atoms with E-state index in [4.69, 9.17) is 4.74 Å². The minimum atomic E-state index is -0.199. The molecule has 10 heteroatoms. The first kappa shape index (κ1) is 20.2. The van der Waals surface area contributed by atoms with Crippen LogP contribution in [0.2, 0.25) is 0 Å². The molecule has 0 fully saturated rings. The van der Waals surface area contributed by atoms with Crippen LogP contribution < -0.4 is 0 Å². The van der Waals surface area contributed by atoms with E-state index in [2.05, 4.69) is 48.5 Å². The SMILES string of the molecule is BrCCOCCSc1ccc2ncnn2n1.COC(=O)CCS. The summed E-state index contributed by atoms with van der Waals surface area (Å²) in [5.41, 5.74) is 0.764. The fraction of sp³-hybridized carbons (Fsp3) is 0.538. The van der Waals surface area contributed by atoms with Gasteiger partial charge in [0.15, 0.2) is 5.65 Å². The zero-order valence-electron chi connectivity index (χ0n) is 12.7. The van der Waals surface area contributed by atoms with Crippen molar-refractivity contribution in [1.82, 2.24) is 19.8 Å². The van der Waals surface area contributed by atoms with Crippen LogP contribution in [0.25, 0.3) is 5.65 Å². The second kappa shape index (κ2) is 12.6. The lowest BCUT2D eigenvalue weighted by Crippen LogP contribution is -2.01. The number of carbonyl (C=O) groups is 1. The van der Waals surface area contributed by atoms with Gasteiger partial charge in [0.25, 0.3) is 0 Å². The van der Waals surface area contributed by atoms with Gasteiger partial charge in [0.1, 0.15) is 11.4 Å². The maximum atomic E-state index is 10.1. The van der Waals surface area contributed by atoms with Crippen LogP contribution in [0, 0.1) is 0 Å². The number of hydrogen-bond acceptors (Lipinski definition) is 8. The summed E-state index contributed by atoms with van der Waals surface area (Å²) in [6.45, 7) is 1.48. The smallest absolute Gasteiger partial charge is 0.306 e. The lowest BCUT2D eigenvalue weighted by atomic mass is 10.5. The third-order valence-corrected chi connectivity index (χ3v) is 3.80. The summed E-state index contributed by atoms with van der Waals surface area (Å²) in [6.07, 6.45) is 1.90. The number of alkyl halides is 1. The molecule has 0 aliphatic heterocycles. The Kier molecular flexibility index (Phi) is 11.0. The number of nitrogens with zero attached hydrogens (tertiary/aromatic N) is 4. The lowest BCUT2D eigenvalue weighted by molar-refractivity contribution is -0.140. The molecule has 7 nitrogen and oxygen atoms in total. The first-order valence-electron chi connectivity index (χ1n) is 6.82. The molecular formula is C13H19BrN4O3S2. The van der Waals surface area contributed by atoms with Crippen LogP contribution in [0.3, 0.4) is 0 Å². The topological polar surface area (TPSA) is 78.6 Å². The van der Waals surface area contributed by atoms with E-state index in [-0.39, 0.29) is 5.97 Å². The van der Waals surface area contributed by atoms with Gasteiger partial charge < -0.3 is 9.47 Å². The van der Waals surface area contributed by atoms with E-state index in [1.54, 1.807) is 11.8 Å². The van der Waals surface area contributed by atoms with Crippen molar-refractivity contribution < 1.29 is 14.3 Å². The second-order valence-corrected chi connectivity index (χ2v) is 6.33. The van der Waals surface area contributed by atoms with E-state index in [0.717, 1.165) is 35.0 Å². The average Bonchev–Trinajstić information content (AvgIpc) is 3.03. The molecule has 0 aliphatic carbocycles. The summed E-state index contributed by atoms with van der Waals surface area (Å²) in [7, 11) is 1.37. The molecule has 128 valence electrons. The highest BCUT2D eigenvalue weighted by molar-refractivity contribution is 9.09. The Bertz CT molecular complexity index is 585. The van der Waals surface area contributed by atoms with Crippen molar-refractivity contribution in [2.45, 2.75) is 11.4 Å². The Morgan fingerprint density at radius 3 is 2.91 bits per heavy atom. The molecule has 0 N–H and O–H groups in total. The quantitative estimate of drug-likeness (QED) is 0.229. The third-order valence-electron chi connectivity index (χ3n) is 2.37. The predicted molar refractivity (Wildman–Crippen MR) is 96.6 cm³/mol. The van der Waals surface area contributed by atoms with Crippen LogP contribution in [0.15, 0.2) is 23.5 Å². The number of halogens is 1. The number of esters is 1. The van der Waals surface area contributed by atoms with Crippen LogP contribution >= 0.6 is 40.3 Å². The molecule has 0 bridgehead atoms. The fourth-order valence-corrected chi connectivity index (χ4v) is 2.46. The zero-order valence-corrected chi connectivity index (χ0v) is 16.0. The molecule has 0 aromatic carbocycles. The predicted octanol–water partition coefficient (Wildman–Crippen LogP) is 2.11. The van der Waals surface area contributed by atoms with Crippen molar-refractivity contribution in [1.29, 1.82) is 0 Å². The molecular weight excluding hydrogens is 404 g/mol. The zero-order chi connectivity index (χ0) is 16.9. The molecule has 0 atom stereocenters. The Morgan fingerprint density at radius 2 is 2.26 bits per heavy atom. The number of fused-ring (bicyclic) bond motifs is 1. The number of carbonyl (C=O) groups excluding carboxylic acids is 1. The minimum Gasteiger partial charge on any atom is -0.469 e. The van der Waals surface area contributed by atoms with Gasteiger partial charge in [-0.05, 0) is 12.1 Å². The summed E-state index contributed by atoms with van der Waals surface area (Å²) in [5, 5.41) is 10.1. The van der Waals surface area contributed by atoms with Crippen molar-refractivity contribution >= 4 is 51.9 Å². The van der Waals surface area contributed by atoms with Crippen molar-refractivity contribution in [3.05, 3.63) is 18.5 Å². The van der Waals surface area contributed by atoms with Gasteiger partial charge in [-0.25, -0.2) is 4.98 Å².